The SMILES string of the molecule is CSCCC(=O)N(C)Cc1ccc(/C=C/C(c2cc(Cl)c(Cl)c(Cl)c2)C(F)(F)F)cc1Cl. The summed E-state index contributed by atoms with van der Waals surface area (Å²) >= 11 is 25.6. The molecule has 0 saturated carbocycles. The third kappa shape index (κ3) is 7.49. The van der Waals surface area contributed by atoms with E-state index in [1.54, 1.807) is 41.9 Å². The number of hydrogen-bond donors (Lipinski definition) is 0. The van der Waals surface area contributed by atoms with Crippen LogP contribution in [0.1, 0.15) is 29.0 Å². The molecule has 0 N–H and O–H groups in total. The Morgan fingerprint density at radius 3 is 2.25 bits per heavy atom. The van der Waals surface area contributed by atoms with E-state index in [0.717, 1.165) is 24.0 Å². The van der Waals surface area contributed by atoms with Crippen molar-refractivity contribution in [2.24, 2.45) is 0 Å². The smallest absolute Gasteiger partial charge is 0.341 e. The van der Waals surface area contributed by atoms with Gasteiger partial charge in [0.25, 0.3) is 0 Å². The minimum Gasteiger partial charge on any atom is -0.341 e. The van der Waals surface area contributed by atoms with Gasteiger partial charge in [-0.1, -0.05) is 70.7 Å². The van der Waals surface area contributed by atoms with Gasteiger partial charge < -0.3 is 4.90 Å². The molecule has 174 valence electrons. The monoisotopic (exact) mass is 543 g/mol. The number of thioether (sulfide) groups is 1. The average molecular weight is 545 g/mol. The van der Waals surface area contributed by atoms with E-state index in [9.17, 15) is 18.0 Å². The lowest BCUT2D eigenvalue weighted by molar-refractivity contribution is -0.139. The molecule has 32 heavy (non-hydrogen) atoms. The van der Waals surface area contributed by atoms with Crippen LogP contribution in [0.25, 0.3) is 6.08 Å². The van der Waals surface area contributed by atoms with Crippen LogP contribution in [0.4, 0.5) is 13.2 Å². The molecule has 0 aliphatic carbocycles. The second-order valence-corrected chi connectivity index (χ2v) is 9.61. The highest BCUT2D eigenvalue weighted by molar-refractivity contribution is 7.98. The molecule has 0 aliphatic heterocycles. The van der Waals surface area contributed by atoms with E-state index in [1.165, 1.54) is 6.08 Å². The van der Waals surface area contributed by atoms with Crippen LogP contribution in [0, 0.1) is 0 Å². The van der Waals surface area contributed by atoms with Crippen LogP contribution in [0.15, 0.2) is 36.4 Å². The number of hydrogen-bond acceptors (Lipinski definition) is 2. The number of amides is 1. The zero-order chi connectivity index (χ0) is 24.1. The van der Waals surface area contributed by atoms with Crippen LogP contribution in [0.5, 0.6) is 0 Å². The second-order valence-electron chi connectivity index (χ2n) is 7.02. The molecule has 2 rings (SSSR count). The van der Waals surface area contributed by atoms with Crippen LogP contribution in [0.2, 0.25) is 20.1 Å². The molecule has 1 unspecified atom stereocenters. The first-order valence-corrected chi connectivity index (χ1v) is 12.2. The predicted molar refractivity (Wildman–Crippen MR) is 130 cm³/mol. The number of carbonyl (C=O) groups is 1. The highest BCUT2D eigenvalue weighted by Crippen LogP contribution is 2.41. The lowest BCUT2D eigenvalue weighted by Crippen LogP contribution is -2.26. The largest absolute Gasteiger partial charge is 0.399 e. The summed E-state index contributed by atoms with van der Waals surface area (Å²) in [5.74, 6) is -1.22. The summed E-state index contributed by atoms with van der Waals surface area (Å²) in [4.78, 5) is 13.7. The zero-order valence-corrected chi connectivity index (χ0v) is 21.0. The van der Waals surface area contributed by atoms with Gasteiger partial charge in [0.05, 0.1) is 21.0 Å². The van der Waals surface area contributed by atoms with Gasteiger partial charge in [0.2, 0.25) is 5.91 Å². The van der Waals surface area contributed by atoms with Crippen molar-refractivity contribution in [3.63, 3.8) is 0 Å². The van der Waals surface area contributed by atoms with Crippen molar-refractivity contribution < 1.29 is 18.0 Å². The van der Waals surface area contributed by atoms with Gasteiger partial charge in [-0.2, -0.15) is 24.9 Å². The van der Waals surface area contributed by atoms with Gasteiger partial charge in [0.15, 0.2) is 0 Å². The summed E-state index contributed by atoms with van der Waals surface area (Å²) in [6.07, 6.45) is 0.126. The third-order valence-corrected chi connectivity index (χ3v) is 6.79. The van der Waals surface area contributed by atoms with Crippen LogP contribution in [-0.4, -0.2) is 36.0 Å². The normalized spacial score (nSPS) is 12.9. The molecule has 1 atom stereocenters. The number of allylic oxidation sites excluding steroid dienone is 1. The van der Waals surface area contributed by atoms with Gasteiger partial charge in [-0.15, -0.1) is 0 Å². The molecule has 10 heteroatoms. The molecule has 0 radical (unpaired) electrons. The number of benzene rings is 2. The van der Waals surface area contributed by atoms with Crippen molar-refractivity contribution in [1.29, 1.82) is 0 Å². The molecule has 0 aromatic heterocycles. The second kappa shape index (κ2) is 11.9. The van der Waals surface area contributed by atoms with Crippen molar-refractivity contribution >= 4 is 70.1 Å². The average Bonchev–Trinajstić information content (AvgIpc) is 2.71. The van der Waals surface area contributed by atoms with Gasteiger partial charge in [-0.05, 0) is 41.1 Å². The Morgan fingerprint density at radius 1 is 1.09 bits per heavy atom. The molecule has 0 aliphatic rings. The summed E-state index contributed by atoms with van der Waals surface area (Å²) in [6.45, 7) is 0.309. The Balaban J connectivity index is 2.23. The molecule has 0 bridgehead atoms. The number of nitrogens with zero attached hydrogens (tertiary/aromatic N) is 1. The van der Waals surface area contributed by atoms with E-state index in [0.29, 0.717) is 29.1 Å². The maximum atomic E-state index is 13.7. The lowest BCUT2D eigenvalue weighted by Gasteiger charge is -2.19. The molecular formula is C22H20Cl4F3NOS. The van der Waals surface area contributed by atoms with Gasteiger partial charge in [-0.25, -0.2) is 0 Å². The quantitative estimate of drug-likeness (QED) is 0.311. The number of rotatable bonds is 8. The molecule has 0 fully saturated rings. The first kappa shape index (κ1) is 27.2. The van der Waals surface area contributed by atoms with E-state index in [4.69, 9.17) is 46.4 Å². The maximum Gasteiger partial charge on any atom is 0.399 e. The van der Waals surface area contributed by atoms with Gasteiger partial charge in [0.1, 0.15) is 0 Å². The molecule has 2 aromatic carbocycles. The van der Waals surface area contributed by atoms with E-state index >= 15 is 0 Å². The van der Waals surface area contributed by atoms with Crippen LogP contribution >= 0.6 is 58.2 Å². The molecular weight excluding hydrogens is 525 g/mol. The van der Waals surface area contributed by atoms with E-state index in [2.05, 4.69) is 0 Å². The first-order chi connectivity index (χ1) is 14.9. The third-order valence-electron chi connectivity index (χ3n) is 4.63. The van der Waals surface area contributed by atoms with Crippen molar-refractivity contribution in [1.82, 2.24) is 4.90 Å². The van der Waals surface area contributed by atoms with Crippen molar-refractivity contribution in [2.45, 2.75) is 25.1 Å². The van der Waals surface area contributed by atoms with E-state index in [-0.39, 0.29) is 26.5 Å². The Morgan fingerprint density at radius 2 is 1.72 bits per heavy atom. The topological polar surface area (TPSA) is 20.3 Å². The summed E-state index contributed by atoms with van der Waals surface area (Å²) in [7, 11) is 1.68. The minimum atomic E-state index is -4.57. The zero-order valence-electron chi connectivity index (χ0n) is 17.1. The van der Waals surface area contributed by atoms with Gasteiger partial charge >= 0.3 is 6.18 Å². The van der Waals surface area contributed by atoms with Crippen LogP contribution in [0.3, 0.4) is 0 Å². The fourth-order valence-electron chi connectivity index (χ4n) is 2.89. The van der Waals surface area contributed by atoms with Gasteiger partial charge in [-0.3, -0.25) is 4.79 Å². The minimum absolute atomic E-state index is 0.00116. The van der Waals surface area contributed by atoms with Crippen molar-refractivity contribution in [3.05, 3.63) is 73.2 Å². The maximum absolute atomic E-state index is 13.7. The molecule has 0 spiro atoms. The lowest BCUT2D eigenvalue weighted by atomic mass is 9.97. The van der Waals surface area contributed by atoms with E-state index < -0.39 is 12.1 Å². The van der Waals surface area contributed by atoms with Crippen molar-refractivity contribution in [2.75, 3.05) is 19.1 Å². The summed E-state index contributed by atoms with van der Waals surface area (Å²) in [5.41, 5.74) is 1.06. The number of alkyl halides is 3. The Kier molecular flexibility index (Phi) is 10.1. The summed E-state index contributed by atoms with van der Waals surface area (Å²) in [5, 5.41) is 0.250. The summed E-state index contributed by atoms with van der Waals surface area (Å²) in [6, 6.07) is 7.20. The van der Waals surface area contributed by atoms with E-state index in [1.807, 2.05) is 6.26 Å². The summed E-state index contributed by atoms with van der Waals surface area (Å²) < 4.78 is 41.1. The van der Waals surface area contributed by atoms with Gasteiger partial charge in [0, 0.05) is 30.8 Å². The molecule has 2 aromatic rings. The predicted octanol–water partition coefficient (Wildman–Crippen LogP) is 8.37. The Bertz CT molecular complexity index is 975. The fraction of sp³-hybridized carbons (Fsp3) is 0.318. The number of halogens is 7. The van der Waals surface area contributed by atoms with Crippen molar-refractivity contribution in [3.8, 4) is 0 Å². The standard InChI is InChI=1S/C22H20Cl4F3NOS/c1-30(20(31)7-8-32-2)12-14-5-3-13(9-17(14)23)4-6-16(22(27,28)29)15-10-18(24)21(26)19(25)11-15/h3-6,9-11,16H,7-8,12H2,1-2H3/b6-4+. The molecule has 1 amide bonds. The van der Waals surface area contributed by atoms with Crippen LogP contribution in [-0.2, 0) is 11.3 Å². The number of carbonyl (C=O) groups excluding carboxylic acids is 1. The fourth-order valence-corrected chi connectivity index (χ4v) is 4.13. The highest BCUT2D eigenvalue weighted by Gasteiger charge is 2.39. The molecule has 0 saturated heterocycles. The Hall–Kier alpha value is -1.05. The van der Waals surface area contributed by atoms with Crippen LogP contribution < -0.4 is 0 Å². The highest BCUT2D eigenvalue weighted by atomic mass is 35.5. The first-order valence-electron chi connectivity index (χ1n) is 9.34. The Labute approximate surface area is 209 Å². The molecule has 0 heterocycles. The molecule has 2 nitrogen and oxygen atoms in total.